The summed E-state index contributed by atoms with van der Waals surface area (Å²) in [5.74, 6) is 4.35. The molecule has 5 unspecified atom stereocenters. The summed E-state index contributed by atoms with van der Waals surface area (Å²) in [7, 11) is 1.54. The van der Waals surface area contributed by atoms with E-state index in [9.17, 15) is 4.39 Å². The van der Waals surface area contributed by atoms with Crippen molar-refractivity contribution in [2.75, 3.05) is 13.7 Å². The summed E-state index contributed by atoms with van der Waals surface area (Å²) < 4.78 is 19.8. The summed E-state index contributed by atoms with van der Waals surface area (Å²) in [6, 6.07) is 5.71. The summed E-state index contributed by atoms with van der Waals surface area (Å²) in [6.45, 7) is 2.99. The lowest BCUT2D eigenvalue weighted by molar-refractivity contribution is 0.351. The lowest BCUT2D eigenvalue weighted by Crippen LogP contribution is -2.26. The van der Waals surface area contributed by atoms with E-state index >= 15 is 0 Å². The molecule has 3 aliphatic carbocycles. The van der Waals surface area contributed by atoms with Gasteiger partial charge in [-0.25, -0.2) is 4.39 Å². The number of nitrogens with one attached hydrogen (secondary N) is 1. The van der Waals surface area contributed by atoms with Gasteiger partial charge in [0.15, 0.2) is 11.6 Å². The number of hydrogen-bond acceptors (Lipinski definition) is 2. The van der Waals surface area contributed by atoms with Gasteiger partial charge >= 0.3 is 0 Å². The maximum atomic E-state index is 14.7. The van der Waals surface area contributed by atoms with Crippen LogP contribution in [0.2, 0.25) is 0 Å². The van der Waals surface area contributed by atoms with Gasteiger partial charge in [-0.05, 0) is 61.5 Å². The van der Waals surface area contributed by atoms with Crippen LogP contribution in [0.5, 0.6) is 5.75 Å². The quantitative estimate of drug-likeness (QED) is 0.890. The Balaban J connectivity index is 1.64. The average Bonchev–Trinajstić information content (AvgIpc) is 2.91. The standard InChI is InChI=1S/C18H24FNO/c1-3-20-18(12-5-4-6-13(21-2)17(12)19)16-14-10-7-8-11(9-10)15(14)16/h4-6,10-11,14-16,18,20H,3,7-9H2,1-2H3. The third kappa shape index (κ3) is 1.93. The van der Waals surface area contributed by atoms with Crippen molar-refractivity contribution in [2.45, 2.75) is 32.2 Å². The molecule has 21 heavy (non-hydrogen) atoms. The molecule has 3 fully saturated rings. The number of ether oxygens (including phenoxy) is 1. The van der Waals surface area contributed by atoms with Gasteiger partial charge in [-0.15, -0.1) is 0 Å². The van der Waals surface area contributed by atoms with Crippen molar-refractivity contribution in [3.05, 3.63) is 29.6 Å². The molecule has 1 aromatic carbocycles. The van der Waals surface area contributed by atoms with Crippen molar-refractivity contribution in [1.82, 2.24) is 5.32 Å². The molecular formula is C18H24FNO. The Bertz CT molecular complexity index is 530. The second-order valence-electron chi connectivity index (χ2n) is 6.96. The first kappa shape index (κ1) is 13.6. The Morgan fingerprint density at radius 2 is 2.00 bits per heavy atom. The minimum absolute atomic E-state index is 0.156. The van der Waals surface area contributed by atoms with Gasteiger partial charge in [0.2, 0.25) is 0 Å². The fourth-order valence-electron chi connectivity index (χ4n) is 5.44. The SMILES string of the molecule is CCNC(c1cccc(OC)c1F)C1C2C3CCC(C3)C21. The number of methoxy groups -OCH3 is 1. The molecule has 0 aliphatic heterocycles. The number of benzene rings is 1. The molecule has 0 heterocycles. The van der Waals surface area contributed by atoms with Gasteiger partial charge in [0, 0.05) is 11.6 Å². The van der Waals surface area contributed by atoms with Crippen LogP contribution in [0.15, 0.2) is 18.2 Å². The third-order valence-corrected chi connectivity index (χ3v) is 6.15. The molecule has 1 aromatic rings. The zero-order valence-electron chi connectivity index (χ0n) is 12.8. The molecule has 2 nitrogen and oxygen atoms in total. The van der Waals surface area contributed by atoms with Crippen molar-refractivity contribution in [3.8, 4) is 5.75 Å². The monoisotopic (exact) mass is 289 g/mol. The van der Waals surface area contributed by atoms with Crippen molar-refractivity contribution in [2.24, 2.45) is 29.6 Å². The molecule has 0 aromatic heterocycles. The molecule has 1 N–H and O–H groups in total. The van der Waals surface area contributed by atoms with Crippen LogP contribution in [0.25, 0.3) is 0 Å². The Morgan fingerprint density at radius 3 is 2.62 bits per heavy atom. The highest BCUT2D eigenvalue weighted by Crippen LogP contribution is 2.72. The van der Waals surface area contributed by atoms with Crippen LogP contribution < -0.4 is 10.1 Å². The van der Waals surface area contributed by atoms with Crippen LogP contribution >= 0.6 is 0 Å². The van der Waals surface area contributed by atoms with Crippen molar-refractivity contribution in [1.29, 1.82) is 0 Å². The largest absolute Gasteiger partial charge is 0.494 e. The van der Waals surface area contributed by atoms with E-state index in [1.54, 1.807) is 6.07 Å². The van der Waals surface area contributed by atoms with E-state index in [1.807, 2.05) is 12.1 Å². The first-order chi connectivity index (χ1) is 10.3. The summed E-state index contributed by atoms with van der Waals surface area (Å²) in [6.07, 6.45) is 4.24. The van der Waals surface area contributed by atoms with Gasteiger partial charge in [-0.2, -0.15) is 0 Å². The van der Waals surface area contributed by atoms with E-state index in [0.29, 0.717) is 11.7 Å². The highest BCUT2D eigenvalue weighted by atomic mass is 19.1. The summed E-state index contributed by atoms with van der Waals surface area (Å²) in [5, 5.41) is 3.55. The molecule has 3 heteroatoms. The van der Waals surface area contributed by atoms with Crippen LogP contribution in [-0.4, -0.2) is 13.7 Å². The summed E-state index contributed by atoms with van der Waals surface area (Å²) >= 11 is 0. The molecule has 0 amide bonds. The predicted molar refractivity (Wildman–Crippen MR) is 80.7 cm³/mol. The zero-order valence-corrected chi connectivity index (χ0v) is 12.8. The summed E-state index contributed by atoms with van der Waals surface area (Å²) in [4.78, 5) is 0. The van der Waals surface area contributed by atoms with Gasteiger partial charge in [0.25, 0.3) is 0 Å². The first-order valence-electron chi connectivity index (χ1n) is 8.32. The van der Waals surface area contributed by atoms with Crippen LogP contribution in [0.3, 0.4) is 0 Å². The van der Waals surface area contributed by atoms with Gasteiger partial charge in [-0.3, -0.25) is 0 Å². The topological polar surface area (TPSA) is 21.3 Å². The molecule has 0 radical (unpaired) electrons. The molecule has 2 bridgehead atoms. The average molecular weight is 289 g/mol. The van der Waals surface area contributed by atoms with Crippen molar-refractivity contribution >= 4 is 0 Å². The second-order valence-corrected chi connectivity index (χ2v) is 6.96. The Morgan fingerprint density at radius 1 is 1.29 bits per heavy atom. The normalized spacial score (nSPS) is 37.4. The maximum Gasteiger partial charge on any atom is 0.169 e. The lowest BCUT2D eigenvalue weighted by Gasteiger charge is -2.23. The van der Waals surface area contributed by atoms with E-state index in [1.165, 1.54) is 26.4 Å². The molecule has 0 spiro atoms. The highest BCUT2D eigenvalue weighted by Gasteiger charge is 2.66. The van der Waals surface area contributed by atoms with E-state index in [0.717, 1.165) is 35.8 Å². The summed E-state index contributed by atoms with van der Waals surface area (Å²) in [5.41, 5.74) is 0.801. The van der Waals surface area contributed by atoms with Gasteiger partial charge in [0.1, 0.15) is 0 Å². The maximum absolute atomic E-state index is 14.7. The predicted octanol–water partition coefficient (Wildman–Crippen LogP) is 3.78. The van der Waals surface area contributed by atoms with Crippen molar-refractivity contribution in [3.63, 3.8) is 0 Å². The van der Waals surface area contributed by atoms with Crippen molar-refractivity contribution < 1.29 is 9.13 Å². The van der Waals surface area contributed by atoms with E-state index in [-0.39, 0.29) is 11.9 Å². The van der Waals surface area contributed by atoms with Gasteiger partial charge < -0.3 is 10.1 Å². The first-order valence-corrected chi connectivity index (χ1v) is 8.32. The third-order valence-electron chi connectivity index (χ3n) is 6.15. The molecule has 5 atom stereocenters. The minimum Gasteiger partial charge on any atom is -0.494 e. The molecule has 3 saturated carbocycles. The van der Waals surface area contributed by atoms with E-state index in [2.05, 4.69) is 12.2 Å². The number of rotatable bonds is 5. The van der Waals surface area contributed by atoms with Crippen LogP contribution in [0.4, 0.5) is 4.39 Å². The number of halogens is 1. The lowest BCUT2D eigenvalue weighted by atomic mass is 9.92. The van der Waals surface area contributed by atoms with E-state index in [4.69, 9.17) is 4.74 Å². The second kappa shape index (κ2) is 4.98. The highest BCUT2D eigenvalue weighted by molar-refractivity contribution is 5.35. The van der Waals surface area contributed by atoms with Gasteiger partial charge in [-0.1, -0.05) is 19.1 Å². The Labute approximate surface area is 126 Å². The number of fused-ring (bicyclic) bond motifs is 5. The molecule has 3 aliphatic rings. The van der Waals surface area contributed by atoms with E-state index < -0.39 is 0 Å². The van der Waals surface area contributed by atoms with Crippen LogP contribution in [0.1, 0.15) is 37.8 Å². The fraction of sp³-hybridized carbons (Fsp3) is 0.667. The Kier molecular flexibility index (Phi) is 3.21. The van der Waals surface area contributed by atoms with Crippen LogP contribution in [-0.2, 0) is 0 Å². The Hall–Kier alpha value is -1.09. The van der Waals surface area contributed by atoms with Crippen LogP contribution in [0, 0.1) is 35.4 Å². The van der Waals surface area contributed by atoms with Gasteiger partial charge in [0.05, 0.1) is 7.11 Å². The minimum atomic E-state index is -0.178. The molecular weight excluding hydrogens is 265 g/mol. The number of hydrogen-bond donors (Lipinski definition) is 1. The molecule has 114 valence electrons. The molecule has 0 saturated heterocycles. The zero-order chi connectivity index (χ0) is 14.6. The fourth-order valence-corrected chi connectivity index (χ4v) is 5.44. The smallest absolute Gasteiger partial charge is 0.169 e. The molecule has 4 rings (SSSR count).